The van der Waals surface area contributed by atoms with Crippen molar-refractivity contribution in [1.29, 1.82) is 0 Å². The monoisotopic (exact) mass is 382 g/mol. The Morgan fingerprint density at radius 3 is 2.68 bits per heavy atom. The Morgan fingerprint density at radius 1 is 1.04 bits per heavy atom. The van der Waals surface area contributed by atoms with Crippen LogP contribution in [0, 0.1) is 5.82 Å². The number of aromatic nitrogens is 1. The number of rotatable bonds is 6. The maximum atomic E-state index is 14.9. The number of methoxy groups -OCH3 is 1. The van der Waals surface area contributed by atoms with Gasteiger partial charge in [-0.25, -0.2) is 9.37 Å². The van der Waals surface area contributed by atoms with Crippen LogP contribution in [0.15, 0.2) is 39.7 Å². The van der Waals surface area contributed by atoms with E-state index >= 15 is 0 Å². The summed E-state index contributed by atoms with van der Waals surface area (Å²) in [5.41, 5.74) is 4.80. The second-order valence-corrected chi connectivity index (χ2v) is 6.91. The fourth-order valence-electron chi connectivity index (χ4n) is 3.80. The summed E-state index contributed by atoms with van der Waals surface area (Å²) in [5.74, 6) is 0.193. The molecular formula is C21H23FN4O2. The van der Waals surface area contributed by atoms with Gasteiger partial charge in [0, 0.05) is 23.9 Å². The lowest BCUT2D eigenvalue weighted by molar-refractivity contribution is 0.143. The molecule has 4 rings (SSSR count). The maximum Gasteiger partial charge on any atom is 0.223 e. The summed E-state index contributed by atoms with van der Waals surface area (Å²) in [5, 5.41) is 11.9. The molecule has 1 aromatic carbocycles. The number of ether oxygens (including phenoxy) is 2. The molecule has 2 aliphatic rings. The first-order valence-electron chi connectivity index (χ1n) is 9.65. The van der Waals surface area contributed by atoms with E-state index in [1.165, 1.54) is 6.07 Å². The highest BCUT2D eigenvalue weighted by atomic mass is 19.1. The van der Waals surface area contributed by atoms with E-state index in [2.05, 4.69) is 15.4 Å². The fraction of sp³-hybridized carbons (Fsp3) is 0.429. The molecule has 7 heteroatoms. The summed E-state index contributed by atoms with van der Waals surface area (Å²) in [7, 11) is 1.62. The van der Waals surface area contributed by atoms with E-state index < -0.39 is 0 Å². The van der Waals surface area contributed by atoms with Crippen LogP contribution in [0.25, 0.3) is 11.1 Å². The Bertz CT molecular complexity index is 927. The Hall–Kier alpha value is -2.67. The quantitative estimate of drug-likeness (QED) is 0.551. The molecule has 0 fully saturated rings. The van der Waals surface area contributed by atoms with Gasteiger partial charge in [-0.15, -0.1) is 5.10 Å². The highest BCUT2D eigenvalue weighted by Gasteiger charge is 2.28. The Balaban J connectivity index is 1.96. The van der Waals surface area contributed by atoms with Crippen molar-refractivity contribution < 1.29 is 13.9 Å². The number of aryl methyl sites for hydroxylation is 1. The lowest BCUT2D eigenvalue weighted by Crippen LogP contribution is -2.16. The van der Waals surface area contributed by atoms with Gasteiger partial charge in [0.25, 0.3) is 0 Å². The lowest BCUT2D eigenvalue weighted by Gasteiger charge is -2.21. The van der Waals surface area contributed by atoms with E-state index in [-0.39, 0.29) is 5.82 Å². The average Bonchev–Trinajstić information content (AvgIpc) is 3.13. The van der Waals surface area contributed by atoms with Crippen molar-refractivity contribution in [3.05, 3.63) is 46.9 Å². The van der Waals surface area contributed by atoms with E-state index in [0.717, 1.165) is 48.9 Å². The molecule has 0 N–H and O–H groups in total. The van der Waals surface area contributed by atoms with Gasteiger partial charge in [0.2, 0.25) is 5.88 Å². The number of hydrogen-bond donors (Lipinski definition) is 0. The fourth-order valence-corrected chi connectivity index (χ4v) is 3.80. The van der Waals surface area contributed by atoms with Crippen LogP contribution >= 0.6 is 0 Å². The molecule has 0 saturated heterocycles. The van der Waals surface area contributed by atoms with Gasteiger partial charge in [-0.05, 0) is 42.5 Å². The van der Waals surface area contributed by atoms with Crippen LogP contribution in [0.2, 0.25) is 0 Å². The highest BCUT2D eigenvalue weighted by molar-refractivity contribution is 6.10. The van der Waals surface area contributed by atoms with Gasteiger partial charge in [-0.3, -0.25) is 0 Å². The van der Waals surface area contributed by atoms with Crippen molar-refractivity contribution in [3.8, 4) is 17.0 Å². The molecule has 0 atom stereocenters. The first-order chi connectivity index (χ1) is 13.8. The standard InChI is InChI=1S/C21H23FN4O2/c1-27-11-12-28-21-20(18-13-23-26-25-18)19(14-7-5-6-9-16(14)22)15-8-3-2-4-10-17(15)24-21/h5-7,9H,2-4,8,10-13H2,1H3. The number of nitrogens with zero attached hydrogens (tertiary/aromatic N) is 4. The van der Waals surface area contributed by atoms with Gasteiger partial charge in [0.1, 0.15) is 24.7 Å². The Morgan fingerprint density at radius 2 is 1.89 bits per heavy atom. The zero-order valence-electron chi connectivity index (χ0n) is 15.9. The minimum Gasteiger partial charge on any atom is -0.475 e. The molecule has 6 nitrogen and oxygen atoms in total. The van der Waals surface area contributed by atoms with Crippen LogP contribution in [-0.4, -0.2) is 37.6 Å². The van der Waals surface area contributed by atoms with E-state index in [9.17, 15) is 4.39 Å². The SMILES string of the molecule is COCCOc1nc2c(c(-c3ccccc3F)c1C1=NN=NC1)CCCCC2. The third kappa shape index (κ3) is 3.67. The molecule has 0 radical (unpaired) electrons. The molecule has 0 bridgehead atoms. The molecule has 0 spiro atoms. The van der Waals surface area contributed by atoms with Crippen molar-refractivity contribution in [2.24, 2.45) is 15.4 Å². The second kappa shape index (κ2) is 8.56. The predicted molar refractivity (Wildman–Crippen MR) is 105 cm³/mol. The molecule has 1 aromatic heterocycles. The summed E-state index contributed by atoms with van der Waals surface area (Å²) in [6.45, 7) is 1.13. The van der Waals surface area contributed by atoms with Crippen molar-refractivity contribution in [1.82, 2.24) is 4.98 Å². The average molecular weight is 382 g/mol. The predicted octanol–water partition coefficient (Wildman–Crippen LogP) is 4.35. The lowest BCUT2D eigenvalue weighted by atomic mass is 9.89. The van der Waals surface area contributed by atoms with Gasteiger partial charge in [0.15, 0.2) is 0 Å². The van der Waals surface area contributed by atoms with Crippen molar-refractivity contribution in [3.63, 3.8) is 0 Å². The molecule has 0 saturated carbocycles. The number of halogens is 1. The van der Waals surface area contributed by atoms with E-state index in [1.807, 2.05) is 12.1 Å². The minimum atomic E-state index is -0.267. The topological polar surface area (TPSA) is 68.4 Å². The maximum absolute atomic E-state index is 14.9. The normalized spacial score (nSPS) is 15.9. The molecule has 1 aliphatic carbocycles. The zero-order chi connectivity index (χ0) is 19.3. The molecule has 2 heterocycles. The van der Waals surface area contributed by atoms with Crippen LogP contribution in [0.1, 0.15) is 36.1 Å². The first-order valence-corrected chi connectivity index (χ1v) is 9.65. The molecule has 2 aromatic rings. The summed E-state index contributed by atoms with van der Waals surface area (Å²) in [6, 6.07) is 6.84. The van der Waals surface area contributed by atoms with Gasteiger partial charge in [-0.2, -0.15) is 5.11 Å². The van der Waals surface area contributed by atoms with Gasteiger partial charge in [0.05, 0.1) is 12.2 Å². The third-order valence-electron chi connectivity index (χ3n) is 5.10. The largest absolute Gasteiger partial charge is 0.475 e. The molecular weight excluding hydrogens is 359 g/mol. The van der Waals surface area contributed by atoms with Crippen molar-refractivity contribution >= 4 is 5.71 Å². The van der Waals surface area contributed by atoms with Crippen LogP contribution in [0.5, 0.6) is 5.88 Å². The first kappa shape index (κ1) is 18.7. The molecule has 28 heavy (non-hydrogen) atoms. The van der Waals surface area contributed by atoms with E-state index in [0.29, 0.717) is 42.5 Å². The molecule has 0 unspecified atom stereocenters. The van der Waals surface area contributed by atoms with Crippen LogP contribution in [0.3, 0.4) is 0 Å². The summed E-state index contributed by atoms with van der Waals surface area (Å²) in [6.07, 6.45) is 4.98. The highest BCUT2D eigenvalue weighted by Crippen LogP contribution is 2.39. The summed E-state index contributed by atoms with van der Waals surface area (Å²) >= 11 is 0. The number of benzene rings is 1. The van der Waals surface area contributed by atoms with Gasteiger partial charge in [-0.1, -0.05) is 24.6 Å². The third-order valence-corrected chi connectivity index (χ3v) is 5.10. The zero-order valence-corrected chi connectivity index (χ0v) is 15.9. The minimum absolute atomic E-state index is 0.267. The molecule has 0 amide bonds. The number of pyridine rings is 1. The molecule has 1 aliphatic heterocycles. The number of hydrogen-bond acceptors (Lipinski definition) is 6. The van der Waals surface area contributed by atoms with Crippen LogP contribution in [-0.2, 0) is 17.6 Å². The van der Waals surface area contributed by atoms with Crippen molar-refractivity contribution in [2.45, 2.75) is 32.1 Å². The Kier molecular flexibility index (Phi) is 5.71. The van der Waals surface area contributed by atoms with Gasteiger partial charge >= 0.3 is 0 Å². The van der Waals surface area contributed by atoms with Crippen LogP contribution in [0.4, 0.5) is 4.39 Å². The van der Waals surface area contributed by atoms with Crippen LogP contribution < -0.4 is 4.74 Å². The van der Waals surface area contributed by atoms with E-state index in [1.54, 1.807) is 13.2 Å². The summed E-state index contributed by atoms with van der Waals surface area (Å²) < 4.78 is 26.0. The van der Waals surface area contributed by atoms with E-state index in [4.69, 9.17) is 14.5 Å². The Labute approximate surface area is 163 Å². The smallest absolute Gasteiger partial charge is 0.223 e. The molecule has 146 valence electrons. The second-order valence-electron chi connectivity index (χ2n) is 6.91. The summed E-state index contributed by atoms with van der Waals surface area (Å²) in [4.78, 5) is 4.84. The van der Waals surface area contributed by atoms with Gasteiger partial charge < -0.3 is 9.47 Å². The number of fused-ring (bicyclic) bond motifs is 1. The van der Waals surface area contributed by atoms with Crippen molar-refractivity contribution in [2.75, 3.05) is 26.9 Å².